The molecule has 6 nitrogen and oxygen atoms in total. The molecule has 26 heavy (non-hydrogen) atoms. The molecule has 2 amide bonds. The molecule has 3 rings (SSSR count). The molecule has 1 saturated heterocycles. The van der Waals surface area contributed by atoms with Gasteiger partial charge in [0.05, 0.1) is 23.3 Å². The van der Waals surface area contributed by atoms with Crippen LogP contribution in [0.25, 0.3) is 0 Å². The third kappa shape index (κ3) is 4.44. The molecule has 2 fully saturated rings. The molecule has 1 saturated carbocycles. The summed E-state index contributed by atoms with van der Waals surface area (Å²) in [6.07, 6.45) is 1.01. The molecular weight excluding hydrogens is 352 g/mol. The van der Waals surface area contributed by atoms with E-state index in [1.807, 2.05) is 49.1 Å². The highest BCUT2D eigenvalue weighted by Gasteiger charge is 2.50. The summed E-state index contributed by atoms with van der Waals surface area (Å²) in [4.78, 5) is 27.0. The number of nitrogens with one attached hydrogen (secondary N) is 1. The van der Waals surface area contributed by atoms with Crippen molar-refractivity contribution in [1.82, 2.24) is 10.2 Å². The molecular formula is C19H26N2O4S. The van der Waals surface area contributed by atoms with E-state index in [-0.39, 0.29) is 47.2 Å². The summed E-state index contributed by atoms with van der Waals surface area (Å²) in [5.74, 6) is -0.668. The summed E-state index contributed by atoms with van der Waals surface area (Å²) in [5.41, 5.74) is 1.06. The zero-order valence-corrected chi connectivity index (χ0v) is 16.0. The van der Waals surface area contributed by atoms with Crippen LogP contribution in [0.3, 0.4) is 0 Å². The second-order valence-electron chi connectivity index (χ2n) is 7.60. The highest BCUT2D eigenvalue weighted by Crippen LogP contribution is 2.41. The Morgan fingerprint density at radius 2 is 1.88 bits per heavy atom. The fourth-order valence-electron chi connectivity index (χ4n) is 3.48. The van der Waals surface area contributed by atoms with Gasteiger partial charge in [0.15, 0.2) is 9.84 Å². The van der Waals surface area contributed by atoms with Crippen LogP contribution in [0, 0.1) is 11.8 Å². The number of nitrogens with zero attached hydrogens (tertiary/aromatic N) is 1. The van der Waals surface area contributed by atoms with Crippen molar-refractivity contribution in [2.45, 2.75) is 45.3 Å². The van der Waals surface area contributed by atoms with E-state index in [0.717, 1.165) is 5.56 Å². The summed E-state index contributed by atoms with van der Waals surface area (Å²) in [6, 6.07) is 9.54. The first-order valence-corrected chi connectivity index (χ1v) is 10.9. The van der Waals surface area contributed by atoms with E-state index in [9.17, 15) is 18.0 Å². The summed E-state index contributed by atoms with van der Waals surface area (Å²) in [6.45, 7) is 4.48. The Balaban J connectivity index is 1.57. The van der Waals surface area contributed by atoms with Crippen LogP contribution in [0.1, 0.15) is 32.3 Å². The number of carbonyl (C=O) groups is 2. The Labute approximate surface area is 154 Å². The molecule has 1 N–H and O–H groups in total. The molecule has 2 aliphatic rings. The number of hydrogen-bond donors (Lipinski definition) is 1. The monoisotopic (exact) mass is 378 g/mol. The van der Waals surface area contributed by atoms with E-state index in [1.54, 1.807) is 0 Å². The highest BCUT2D eigenvalue weighted by atomic mass is 32.2. The molecule has 3 unspecified atom stereocenters. The average Bonchev–Trinajstić information content (AvgIpc) is 3.32. The zero-order valence-electron chi connectivity index (χ0n) is 15.2. The van der Waals surface area contributed by atoms with Crippen LogP contribution in [0.15, 0.2) is 30.3 Å². The first-order valence-electron chi connectivity index (χ1n) is 9.12. The van der Waals surface area contributed by atoms with Gasteiger partial charge in [0.1, 0.15) is 0 Å². The molecule has 1 heterocycles. The summed E-state index contributed by atoms with van der Waals surface area (Å²) in [7, 11) is -3.03. The summed E-state index contributed by atoms with van der Waals surface area (Å²) in [5, 5.41) is 2.81. The zero-order chi connectivity index (χ0) is 18.9. The van der Waals surface area contributed by atoms with Gasteiger partial charge in [-0.05, 0) is 32.3 Å². The maximum absolute atomic E-state index is 12.9. The molecule has 1 aromatic rings. The molecule has 0 spiro atoms. The van der Waals surface area contributed by atoms with Crippen LogP contribution in [-0.4, -0.2) is 48.7 Å². The SMILES string of the molecule is CC(C)N(Cc1ccccc1)C(=O)C1CC1C(=O)NC1CCS(=O)(=O)C1. The van der Waals surface area contributed by atoms with E-state index in [4.69, 9.17) is 0 Å². The van der Waals surface area contributed by atoms with Gasteiger partial charge in [-0.1, -0.05) is 30.3 Å². The Hall–Kier alpha value is -1.89. The second-order valence-corrected chi connectivity index (χ2v) is 9.83. The summed E-state index contributed by atoms with van der Waals surface area (Å²) >= 11 is 0. The van der Waals surface area contributed by atoms with Crippen LogP contribution in [0.2, 0.25) is 0 Å². The summed E-state index contributed by atoms with van der Waals surface area (Å²) < 4.78 is 23.0. The lowest BCUT2D eigenvalue weighted by Gasteiger charge is -2.27. The number of hydrogen-bond acceptors (Lipinski definition) is 4. The third-order valence-electron chi connectivity index (χ3n) is 5.13. The average molecular weight is 378 g/mol. The maximum Gasteiger partial charge on any atom is 0.227 e. The highest BCUT2D eigenvalue weighted by molar-refractivity contribution is 7.91. The Bertz CT molecular complexity index is 776. The molecule has 0 aromatic heterocycles. The van der Waals surface area contributed by atoms with Crippen LogP contribution in [0.4, 0.5) is 0 Å². The maximum atomic E-state index is 12.9. The lowest BCUT2D eigenvalue weighted by atomic mass is 10.1. The van der Waals surface area contributed by atoms with Crippen molar-refractivity contribution in [2.75, 3.05) is 11.5 Å². The molecule has 0 bridgehead atoms. The van der Waals surface area contributed by atoms with Gasteiger partial charge in [0.25, 0.3) is 0 Å². The molecule has 142 valence electrons. The van der Waals surface area contributed by atoms with Crippen molar-refractivity contribution in [2.24, 2.45) is 11.8 Å². The fraction of sp³-hybridized carbons (Fsp3) is 0.579. The lowest BCUT2D eigenvalue weighted by Crippen LogP contribution is -2.40. The van der Waals surface area contributed by atoms with Crippen molar-refractivity contribution >= 4 is 21.7 Å². The predicted octanol–water partition coefficient (Wildman–Crippen LogP) is 1.36. The van der Waals surface area contributed by atoms with Gasteiger partial charge in [-0.2, -0.15) is 0 Å². The first kappa shape index (κ1) is 18.9. The van der Waals surface area contributed by atoms with Gasteiger partial charge in [-0.3, -0.25) is 9.59 Å². The van der Waals surface area contributed by atoms with E-state index < -0.39 is 9.84 Å². The van der Waals surface area contributed by atoms with Gasteiger partial charge >= 0.3 is 0 Å². The van der Waals surface area contributed by atoms with Crippen molar-refractivity contribution in [3.05, 3.63) is 35.9 Å². The van der Waals surface area contributed by atoms with E-state index in [2.05, 4.69) is 5.32 Å². The van der Waals surface area contributed by atoms with Crippen LogP contribution < -0.4 is 5.32 Å². The normalized spacial score (nSPS) is 26.5. The first-order chi connectivity index (χ1) is 12.3. The van der Waals surface area contributed by atoms with E-state index >= 15 is 0 Å². The molecule has 0 radical (unpaired) electrons. The molecule has 1 aliphatic heterocycles. The topological polar surface area (TPSA) is 83.6 Å². The van der Waals surface area contributed by atoms with Crippen LogP contribution >= 0.6 is 0 Å². The number of rotatable bonds is 6. The van der Waals surface area contributed by atoms with Gasteiger partial charge in [-0.25, -0.2) is 8.42 Å². The van der Waals surface area contributed by atoms with Gasteiger partial charge < -0.3 is 10.2 Å². The number of sulfone groups is 1. The lowest BCUT2D eigenvalue weighted by molar-refractivity contribution is -0.137. The third-order valence-corrected chi connectivity index (χ3v) is 6.89. The van der Waals surface area contributed by atoms with Gasteiger partial charge in [-0.15, -0.1) is 0 Å². The quantitative estimate of drug-likeness (QED) is 0.810. The minimum Gasteiger partial charge on any atom is -0.352 e. The van der Waals surface area contributed by atoms with Crippen molar-refractivity contribution in [3.8, 4) is 0 Å². The van der Waals surface area contributed by atoms with Crippen molar-refractivity contribution in [1.29, 1.82) is 0 Å². The van der Waals surface area contributed by atoms with Crippen molar-refractivity contribution in [3.63, 3.8) is 0 Å². The predicted molar refractivity (Wildman–Crippen MR) is 98.9 cm³/mol. The van der Waals surface area contributed by atoms with E-state index in [0.29, 0.717) is 19.4 Å². The Kier molecular flexibility index (Phi) is 5.37. The number of amides is 2. The minimum atomic E-state index is -3.03. The molecule has 1 aromatic carbocycles. The van der Waals surface area contributed by atoms with E-state index in [1.165, 1.54) is 0 Å². The molecule has 3 atom stereocenters. The second kappa shape index (κ2) is 7.39. The Morgan fingerprint density at radius 1 is 1.19 bits per heavy atom. The number of benzene rings is 1. The van der Waals surface area contributed by atoms with Crippen LogP contribution in [-0.2, 0) is 26.0 Å². The largest absolute Gasteiger partial charge is 0.352 e. The van der Waals surface area contributed by atoms with Gasteiger partial charge in [0, 0.05) is 18.6 Å². The van der Waals surface area contributed by atoms with Crippen LogP contribution in [0.5, 0.6) is 0 Å². The van der Waals surface area contributed by atoms with Gasteiger partial charge in [0.2, 0.25) is 11.8 Å². The standard InChI is InChI=1S/C19H26N2O4S/c1-13(2)21(11-14-6-4-3-5-7-14)19(23)17-10-16(17)18(22)20-15-8-9-26(24,25)12-15/h3-7,13,15-17H,8-12H2,1-2H3,(H,20,22). The number of carbonyl (C=O) groups excluding carboxylic acids is 2. The molecule has 1 aliphatic carbocycles. The van der Waals surface area contributed by atoms with Crippen molar-refractivity contribution < 1.29 is 18.0 Å². The smallest absolute Gasteiger partial charge is 0.227 e. The minimum absolute atomic E-state index is 0.00282. The fourth-order valence-corrected chi connectivity index (χ4v) is 5.16. The molecule has 7 heteroatoms. The Morgan fingerprint density at radius 3 is 2.46 bits per heavy atom.